The van der Waals surface area contributed by atoms with Crippen LogP contribution in [0.3, 0.4) is 0 Å². The molecule has 0 radical (unpaired) electrons. The monoisotopic (exact) mass is 278 g/mol. The van der Waals surface area contributed by atoms with Gasteiger partial charge in [-0.25, -0.2) is 0 Å². The van der Waals surface area contributed by atoms with Gasteiger partial charge in [0, 0.05) is 9.79 Å². The molecule has 0 nitrogen and oxygen atoms in total. The molecule has 88 valence electrons. The molecule has 0 spiro atoms. The predicted molar refractivity (Wildman–Crippen MR) is 81.7 cm³/mol. The van der Waals surface area contributed by atoms with Crippen molar-refractivity contribution in [3.63, 3.8) is 0 Å². The smallest absolute Gasteiger partial charge is 0.0191 e. The minimum atomic E-state index is 1.31. The zero-order valence-electron chi connectivity index (χ0n) is 9.84. The van der Waals surface area contributed by atoms with Gasteiger partial charge in [-0.15, -0.1) is 0 Å². The molecule has 17 heavy (non-hydrogen) atoms. The fraction of sp³-hybridized carbons (Fsp3) is 0.143. The Hall–Kier alpha value is -0.510. The number of aryl methyl sites for hydroxylation is 2. The first kappa shape index (κ1) is 12.9. The van der Waals surface area contributed by atoms with Crippen LogP contribution in [-0.2, 0) is 0 Å². The van der Waals surface area contributed by atoms with Crippen LogP contribution in [0.25, 0.3) is 0 Å². The van der Waals surface area contributed by atoms with Gasteiger partial charge in [0.25, 0.3) is 0 Å². The van der Waals surface area contributed by atoms with Crippen molar-refractivity contribution in [1.29, 1.82) is 0 Å². The van der Waals surface area contributed by atoms with E-state index in [9.17, 15) is 0 Å². The van der Waals surface area contributed by atoms with Crippen molar-refractivity contribution in [3.05, 3.63) is 59.7 Å². The summed E-state index contributed by atoms with van der Waals surface area (Å²) in [5, 5.41) is 0. The van der Waals surface area contributed by atoms with Gasteiger partial charge in [-0.3, -0.25) is 0 Å². The van der Waals surface area contributed by atoms with E-state index in [0.29, 0.717) is 0 Å². The molecule has 3 heteroatoms. The summed E-state index contributed by atoms with van der Waals surface area (Å²) in [5.74, 6) is 0. The lowest BCUT2D eigenvalue weighted by Gasteiger charge is -2.01. The Labute approximate surface area is 114 Å². The molecule has 0 aliphatic heterocycles. The quantitative estimate of drug-likeness (QED) is 0.653. The summed E-state index contributed by atoms with van der Waals surface area (Å²) in [5.41, 5.74) is 2.62. The summed E-state index contributed by atoms with van der Waals surface area (Å²) in [7, 11) is 5.42. The summed E-state index contributed by atoms with van der Waals surface area (Å²) in [4.78, 5) is 2.61. The first-order chi connectivity index (χ1) is 8.24. The fourth-order valence-electron chi connectivity index (χ4n) is 1.28. The predicted octanol–water partition coefficient (Wildman–Crippen LogP) is 5.75. The second-order valence-electron chi connectivity index (χ2n) is 3.86. The standard InChI is InChI=1S/C14H14S3/c1-11-3-7-13(8-4-11)15-17-16-14-9-5-12(2)6-10-14/h3-10H,1-2H3. The van der Waals surface area contributed by atoms with Gasteiger partial charge in [-0.05, 0) is 69.5 Å². The van der Waals surface area contributed by atoms with Crippen molar-refractivity contribution < 1.29 is 0 Å². The second kappa shape index (κ2) is 6.43. The van der Waals surface area contributed by atoms with E-state index >= 15 is 0 Å². The molecule has 0 aliphatic rings. The van der Waals surface area contributed by atoms with E-state index in [0.717, 1.165) is 0 Å². The third-order valence-electron chi connectivity index (χ3n) is 2.30. The normalized spacial score (nSPS) is 10.5. The molecule has 2 rings (SSSR count). The number of rotatable bonds is 4. The van der Waals surface area contributed by atoms with Crippen LogP contribution in [0.1, 0.15) is 11.1 Å². The second-order valence-corrected chi connectivity index (χ2v) is 7.91. The van der Waals surface area contributed by atoms with E-state index < -0.39 is 0 Å². The molecular weight excluding hydrogens is 264 g/mol. The highest BCUT2D eigenvalue weighted by molar-refractivity contribution is 9.09. The third kappa shape index (κ3) is 4.34. The first-order valence-electron chi connectivity index (χ1n) is 5.38. The Morgan fingerprint density at radius 2 is 0.941 bits per heavy atom. The molecular formula is C14H14S3. The molecule has 0 saturated carbocycles. The van der Waals surface area contributed by atoms with Crippen LogP contribution in [0.2, 0.25) is 0 Å². The van der Waals surface area contributed by atoms with Crippen LogP contribution in [0, 0.1) is 13.8 Å². The van der Waals surface area contributed by atoms with E-state index in [4.69, 9.17) is 0 Å². The topological polar surface area (TPSA) is 0 Å². The third-order valence-corrected chi connectivity index (χ3v) is 6.16. The van der Waals surface area contributed by atoms with Crippen molar-refractivity contribution in [2.24, 2.45) is 0 Å². The maximum atomic E-state index is 2.17. The molecule has 0 fully saturated rings. The first-order valence-corrected chi connectivity index (χ1v) is 8.87. The summed E-state index contributed by atoms with van der Waals surface area (Å²) in [6, 6.07) is 17.3. The van der Waals surface area contributed by atoms with Crippen molar-refractivity contribution in [2.75, 3.05) is 0 Å². The van der Waals surface area contributed by atoms with E-state index in [1.165, 1.54) is 20.9 Å². The maximum absolute atomic E-state index is 2.17. The number of benzene rings is 2. The van der Waals surface area contributed by atoms with Crippen molar-refractivity contribution >= 4 is 31.4 Å². The summed E-state index contributed by atoms with van der Waals surface area (Å²) in [6.45, 7) is 4.23. The molecule has 0 unspecified atom stereocenters. The van der Waals surface area contributed by atoms with Crippen LogP contribution < -0.4 is 0 Å². The average Bonchev–Trinajstić information content (AvgIpc) is 2.34. The lowest BCUT2D eigenvalue weighted by Crippen LogP contribution is -1.71. The van der Waals surface area contributed by atoms with Gasteiger partial charge in [0.2, 0.25) is 0 Å². The summed E-state index contributed by atoms with van der Waals surface area (Å²) < 4.78 is 0. The van der Waals surface area contributed by atoms with E-state index in [-0.39, 0.29) is 0 Å². The van der Waals surface area contributed by atoms with Gasteiger partial charge in [-0.2, -0.15) is 0 Å². The van der Waals surface area contributed by atoms with Gasteiger partial charge in [0.05, 0.1) is 0 Å². The largest absolute Gasteiger partial charge is 0.0582 e. The zero-order chi connectivity index (χ0) is 12.1. The van der Waals surface area contributed by atoms with Gasteiger partial charge < -0.3 is 0 Å². The Morgan fingerprint density at radius 3 is 1.29 bits per heavy atom. The zero-order valence-corrected chi connectivity index (χ0v) is 12.3. The Bertz CT molecular complexity index is 414. The Balaban J connectivity index is 1.83. The lowest BCUT2D eigenvalue weighted by molar-refractivity contribution is 1.38. The van der Waals surface area contributed by atoms with Crippen LogP contribution >= 0.6 is 31.4 Å². The highest BCUT2D eigenvalue weighted by Gasteiger charge is 1.97. The average molecular weight is 278 g/mol. The minimum Gasteiger partial charge on any atom is -0.0582 e. The molecule has 2 aromatic carbocycles. The van der Waals surface area contributed by atoms with Crippen molar-refractivity contribution in [1.82, 2.24) is 0 Å². The molecule has 2 aromatic rings. The van der Waals surface area contributed by atoms with Crippen LogP contribution in [0.15, 0.2) is 58.3 Å². The molecule has 0 saturated heterocycles. The maximum Gasteiger partial charge on any atom is 0.0191 e. The van der Waals surface area contributed by atoms with Gasteiger partial charge in [0.1, 0.15) is 0 Å². The van der Waals surface area contributed by atoms with Gasteiger partial charge in [0.15, 0.2) is 0 Å². The lowest BCUT2D eigenvalue weighted by atomic mass is 10.2. The molecule has 0 amide bonds. The Kier molecular flexibility index (Phi) is 4.89. The molecule has 0 aliphatic carbocycles. The van der Waals surface area contributed by atoms with Crippen molar-refractivity contribution in [3.8, 4) is 0 Å². The van der Waals surface area contributed by atoms with E-state index in [1.807, 2.05) is 21.6 Å². The molecule has 0 aromatic heterocycles. The van der Waals surface area contributed by atoms with Crippen LogP contribution in [-0.4, -0.2) is 0 Å². The molecule has 0 atom stereocenters. The SMILES string of the molecule is Cc1ccc(SSSc2ccc(C)cc2)cc1. The van der Waals surface area contributed by atoms with E-state index in [1.54, 1.807) is 9.83 Å². The Morgan fingerprint density at radius 1 is 0.588 bits per heavy atom. The van der Waals surface area contributed by atoms with E-state index in [2.05, 4.69) is 62.4 Å². The van der Waals surface area contributed by atoms with Crippen LogP contribution in [0.4, 0.5) is 0 Å². The van der Waals surface area contributed by atoms with Crippen molar-refractivity contribution in [2.45, 2.75) is 23.6 Å². The highest BCUT2D eigenvalue weighted by atomic mass is 33.5. The summed E-state index contributed by atoms with van der Waals surface area (Å²) >= 11 is 0. The highest BCUT2D eigenvalue weighted by Crippen LogP contribution is 2.44. The van der Waals surface area contributed by atoms with Gasteiger partial charge >= 0.3 is 0 Å². The fourth-order valence-corrected chi connectivity index (χ4v) is 4.93. The number of hydrogen-bond donors (Lipinski definition) is 0. The van der Waals surface area contributed by atoms with Crippen LogP contribution in [0.5, 0.6) is 0 Å². The minimum absolute atomic E-state index is 1.31. The molecule has 0 bridgehead atoms. The van der Waals surface area contributed by atoms with Gasteiger partial charge in [-0.1, -0.05) is 35.4 Å². The molecule has 0 heterocycles. The summed E-state index contributed by atoms with van der Waals surface area (Å²) in [6.07, 6.45) is 0. The molecule has 0 N–H and O–H groups in total. The number of hydrogen-bond acceptors (Lipinski definition) is 3.